The van der Waals surface area contributed by atoms with Gasteiger partial charge in [0, 0.05) is 0 Å². The molecule has 4 nitrogen and oxygen atoms in total. The van der Waals surface area contributed by atoms with Crippen LogP contribution in [0.4, 0.5) is 0 Å². The Morgan fingerprint density at radius 2 is 1.17 bits per heavy atom. The van der Waals surface area contributed by atoms with Crippen molar-refractivity contribution in [3.8, 4) is 0 Å². The third kappa shape index (κ3) is 3.38. The first-order chi connectivity index (χ1) is 8.40. The minimum atomic E-state index is 0.750. The fourth-order valence-corrected chi connectivity index (χ4v) is 5.22. The Hall–Kier alpha value is -1.24. The lowest BCUT2D eigenvalue weighted by Crippen LogP contribution is -2.49. The standard InChI is InChI=1S/C12H20.2CHNO/c1-11-4-9-3-10(5-11)7-12(2,6-9)8-11;2*2-1-3/h9-10H,3-8H2,1-2H3;2*2H. The topological polar surface area (TPSA) is 81.8 Å². The molecule has 4 saturated carbocycles. The summed E-state index contributed by atoms with van der Waals surface area (Å²) in [6.07, 6.45) is 10.8. The molecule has 4 rings (SSSR count). The van der Waals surface area contributed by atoms with Crippen LogP contribution < -0.4 is 0 Å². The van der Waals surface area contributed by atoms with Crippen molar-refractivity contribution >= 4 is 12.2 Å². The van der Waals surface area contributed by atoms with Crippen molar-refractivity contribution in [3.63, 3.8) is 0 Å². The SMILES string of the molecule is CC12CC3CC(C1)CC(C)(C3)C2.N=C=O.N=C=O. The monoisotopic (exact) mass is 250 g/mol. The first-order valence-electron chi connectivity index (χ1n) is 6.48. The highest BCUT2D eigenvalue weighted by molar-refractivity contribution is 5.26. The smallest absolute Gasteiger partial charge is 0.222 e. The summed E-state index contributed by atoms with van der Waals surface area (Å²) in [5.74, 6) is 2.22. The summed E-state index contributed by atoms with van der Waals surface area (Å²) in [5, 5.41) is 10.8. The molecule has 4 fully saturated rings. The molecule has 0 heterocycles. The van der Waals surface area contributed by atoms with Gasteiger partial charge in [0.05, 0.1) is 0 Å². The van der Waals surface area contributed by atoms with Crippen LogP contribution in [0.2, 0.25) is 0 Å². The van der Waals surface area contributed by atoms with E-state index in [1.807, 2.05) is 0 Å². The van der Waals surface area contributed by atoms with Crippen molar-refractivity contribution in [2.75, 3.05) is 0 Å². The fraction of sp³-hybridized carbons (Fsp3) is 0.857. The molecule has 100 valence electrons. The summed E-state index contributed by atoms with van der Waals surface area (Å²) in [4.78, 5) is 16.7. The van der Waals surface area contributed by atoms with Crippen LogP contribution in [0.3, 0.4) is 0 Å². The van der Waals surface area contributed by atoms with Crippen LogP contribution in [0.5, 0.6) is 0 Å². The van der Waals surface area contributed by atoms with Crippen LogP contribution in [-0.2, 0) is 9.59 Å². The van der Waals surface area contributed by atoms with Gasteiger partial charge >= 0.3 is 0 Å². The summed E-state index contributed by atoms with van der Waals surface area (Å²) in [7, 11) is 0. The summed E-state index contributed by atoms with van der Waals surface area (Å²) >= 11 is 0. The van der Waals surface area contributed by atoms with Crippen molar-refractivity contribution in [3.05, 3.63) is 0 Å². The number of hydrogen-bond acceptors (Lipinski definition) is 4. The Morgan fingerprint density at radius 1 is 0.889 bits per heavy atom. The Morgan fingerprint density at radius 3 is 1.39 bits per heavy atom. The van der Waals surface area contributed by atoms with E-state index < -0.39 is 0 Å². The van der Waals surface area contributed by atoms with Crippen molar-refractivity contribution in [1.29, 1.82) is 10.8 Å². The Kier molecular flexibility index (Phi) is 4.61. The molecule has 0 aromatic heterocycles. The van der Waals surface area contributed by atoms with E-state index in [1.54, 1.807) is 32.1 Å². The number of hydrogen-bond donors (Lipinski definition) is 2. The van der Waals surface area contributed by atoms with E-state index in [0.29, 0.717) is 0 Å². The van der Waals surface area contributed by atoms with Gasteiger partial charge < -0.3 is 0 Å². The molecule has 0 atom stereocenters. The average Bonchev–Trinajstić information content (AvgIpc) is 2.13. The molecule has 0 saturated heterocycles. The van der Waals surface area contributed by atoms with Gasteiger partial charge in [-0.15, -0.1) is 0 Å². The van der Waals surface area contributed by atoms with E-state index in [9.17, 15) is 0 Å². The normalized spacial score (nSPS) is 42.6. The zero-order valence-electron chi connectivity index (χ0n) is 11.2. The molecule has 0 aromatic rings. The zero-order valence-corrected chi connectivity index (χ0v) is 11.2. The van der Waals surface area contributed by atoms with Crippen LogP contribution in [0, 0.1) is 33.5 Å². The van der Waals surface area contributed by atoms with Gasteiger partial charge in [-0.05, 0) is 61.2 Å². The highest BCUT2D eigenvalue weighted by Gasteiger charge is 2.53. The van der Waals surface area contributed by atoms with Gasteiger partial charge in [-0.3, -0.25) is 0 Å². The van der Waals surface area contributed by atoms with Gasteiger partial charge in [0.1, 0.15) is 0 Å². The molecule has 0 unspecified atom stereocenters. The van der Waals surface area contributed by atoms with Gasteiger partial charge in [-0.2, -0.15) is 0 Å². The van der Waals surface area contributed by atoms with Crippen molar-refractivity contribution in [2.45, 2.75) is 52.4 Å². The second-order valence-corrected chi connectivity index (χ2v) is 6.79. The number of nitrogens with one attached hydrogen (secondary N) is 2. The largest absolute Gasteiger partial charge is 0.231 e. The van der Waals surface area contributed by atoms with Crippen LogP contribution in [0.25, 0.3) is 0 Å². The van der Waals surface area contributed by atoms with Gasteiger partial charge in [0.15, 0.2) is 0 Å². The fourth-order valence-electron chi connectivity index (χ4n) is 5.22. The van der Waals surface area contributed by atoms with Crippen LogP contribution in [0.15, 0.2) is 0 Å². The maximum Gasteiger partial charge on any atom is 0.231 e. The van der Waals surface area contributed by atoms with E-state index in [2.05, 4.69) is 13.8 Å². The molecule has 0 aliphatic heterocycles. The van der Waals surface area contributed by atoms with E-state index in [4.69, 9.17) is 20.4 Å². The molecule has 18 heavy (non-hydrogen) atoms. The average molecular weight is 250 g/mol. The van der Waals surface area contributed by atoms with Crippen molar-refractivity contribution in [2.24, 2.45) is 22.7 Å². The van der Waals surface area contributed by atoms with Gasteiger partial charge in [0.25, 0.3) is 0 Å². The predicted octanol–water partition coefficient (Wildman–Crippen LogP) is 3.41. The van der Waals surface area contributed by atoms with Crippen molar-refractivity contribution in [1.82, 2.24) is 0 Å². The second kappa shape index (κ2) is 5.60. The zero-order chi connectivity index (χ0) is 13.8. The minimum absolute atomic E-state index is 0.750. The van der Waals surface area contributed by atoms with E-state index in [-0.39, 0.29) is 0 Å². The Bertz CT molecular complexity index is 320. The summed E-state index contributed by atoms with van der Waals surface area (Å²) in [6.45, 7) is 5.09. The van der Waals surface area contributed by atoms with Gasteiger partial charge in [-0.25, -0.2) is 20.4 Å². The molecule has 0 aromatic carbocycles. The maximum atomic E-state index is 8.35. The molecule has 0 spiro atoms. The molecule has 4 heteroatoms. The van der Waals surface area contributed by atoms with Crippen molar-refractivity contribution < 1.29 is 9.59 Å². The lowest BCUT2D eigenvalue weighted by Gasteiger charge is -2.60. The Balaban J connectivity index is 0.000000234. The summed E-state index contributed by atoms with van der Waals surface area (Å²) in [6, 6.07) is 0. The summed E-state index contributed by atoms with van der Waals surface area (Å²) < 4.78 is 0. The molecular weight excluding hydrogens is 228 g/mol. The molecular formula is C14H22N2O2. The molecule has 0 radical (unpaired) electrons. The Labute approximate surface area is 108 Å². The van der Waals surface area contributed by atoms with Crippen LogP contribution in [0.1, 0.15) is 52.4 Å². The highest BCUT2D eigenvalue weighted by atomic mass is 16.1. The van der Waals surface area contributed by atoms with Gasteiger partial charge in [-0.1, -0.05) is 13.8 Å². The quantitative estimate of drug-likeness (QED) is 0.510. The van der Waals surface area contributed by atoms with E-state index >= 15 is 0 Å². The number of rotatable bonds is 0. The lowest BCUT2D eigenvalue weighted by atomic mass is 9.45. The summed E-state index contributed by atoms with van der Waals surface area (Å²) in [5.41, 5.74) is 1.53. The van der Waals surface area contributed by atoms with Crippen LogP contribution >= 0.6 is 0 Å². The van der Waals surface area contributed by atoms with E-state index in [0.717, 1.165) is 34.8 Å². The predicted molar refractivity (Wildman–Crippen MR) is 67.7 cm³/mol. The maximum absolute atomic E-state index is 8.35. The lowest BCUT2D eigenvalue weighted by molar-refractivity contribution is -0.0920. The number of carbonyl (C=O) groups excluding carboxylic acids is 2. The molecule has 2 N–H and O–H groups in total. The molecule has 4 bridgehead atoms. The second-order valence-electron chi connectivity index (χ2n) is 6.79. The first-order valence-corrected chi connectivity index (χ1v) is 6.48. The van der Waals surface area contributed by atoms with E-state index in [1.165, 1.54) is 6.42 Å². The molecule has 0 amide bonds. The minimum Gasteiger partial charge on any atom is -0.222 e. The number of isocyanates is 2. The third-order valence-electron chi connectivity index (χ3n) is 4.65. The third-order valence-corrected chi connectivity index (χ3v) is 4.65. The molecule has 4 aliphatic carbocycles. The van der Waals surface area contributed by atoms with Gasteiger partial charge in [0.2, 0.25) is 12.2 Å². The van der Waals surface area contributed by atoms with Crippen LogP contribution in [-0.4, -0.2) is 12.2 Å². The first kappa shape index (κ1) is 14.8. The highest BCUT2D eigenvalue weighted by Crippen LogP contribution is 2.64. The molecule has 4 aliphatic rings.